The highest BCUT2D eigenvalue weighted by Crippen LogP contribution is 2.61. The number of hydrogen-bond donors (Lipinski definition) is 1. The summed E-state index contributed by atoms with van der Waals surface area (Å²) < 4.78 is 5.33. The van der Waals surface area contributed by atoms with Crippen LogP contribution < -0.4 is 15.0 Å². The van der Waals surface area contributed by atoms with Crippen LogP contribution in [0.1, 0.15) is 18.4 Å². The van der Waals surface area contributed by atoms with Crippen LogP contribution in [-0.4, -0.2) is 47.2 Å². The molecule has 0 unspecified atom stereocenters. The third-order valence-electron chi connectivity index (χ3n) is 7.51. The molecule has 0 aromatic heterocycles. The van der Waals surface area contributed by atoms with Crippen molar-refractivity contribution in [2.24, 2.45) is 11.8 Å². The number of non-ortho nitro benzene ring substituents is 1. The highest BCUT2D eigenvalue weighted by Gasteiger charge is 2.74. The van der Waals surface area contributed by atoms with Crippen LogP contribution in [0.3, 0.4) is 0 Å². The predicted molar refractivity (Wildman–Crippen MR) is 116 cm³/mol. The van der Waals surface area contributed by atoms with Crippen molar-refractivity contribution in [1.82, 2.24) is 4.90 Å². The average Bonchev–Trinajstić information content (AvgIpc) is 3.51. The van der Waals surface area contributed by atoms with Crippen LogP contribution in [0.4, 0.5) is 17.1 Å². The minimum atomic E-state index is -1.28. The van der Waals surface area contributed by atoms with Gasteiger partial charge in [-0.1, -0.05) is 18.2 Å². The van der Waals surface area contributed by atoms with E-state index in [1.165, 1.54) is 25.3 Å². The molecule has 4 atom stereocenters. The van der Waals surface area contributed by atoms with Crippen molar-refractivity contribution >= 4 is 34.8 Å². The average molecular weight is 448 g/mol. The lowest BCUT2D eigenvalue weighted by Crippen LogP contribution is -2.54. The molecule has 3 amide bonds. The summed E-state index contributed by atoms with van der Waals surface area (Å²) in [6.07, 6.45) is 1.50. The molecule has 4 heterocycles. The van der Waals surface area contributed by atoms with Gasteiger partial charge in [0.25, 0.3) is 5.69 Å². The molecule has 2 aromatic carbocycles. The summed E-state index contributed by atoms with van der Waals surface area (Å²) in [7, 11) is 1.37. The molecule has 0 aliphatic carbocycles. The van der Waals surface area contributed by atoms with Crippen LogP contribution in [0.2, 0.25) is 0 Å². The van der Waals surface area contributed by atoms with Gasteiger partial charge >= 0.3 is 0 Å². The Bertz CT molecular complexity index is 1260. The Balaban J connectivity index is 1.55. The van der Waals surface area contributed by atoms with Gasteiger partial charge in [-0.2, -0.15) is 0 Å². The Morgan fingerprint density at radius 3 is 2.70 bits per heavy atom. The Morgan fingerprint density at radius 1 is 1.15 bits per heavy atom. The summed E-state index contributed by atoms with van der Waals surface area (Å²) in [4.78, 5) is 55.1. The number of hydrogen-bond acceptors (Lipinski definition) is 7. The number of nitro benzene ring substituents is 1. The minimum absolute atomic E-state index is 0.0301. The van der Waals surface area contributed by atoms with E-state index in [1.54, 1.807) is 6.07 Å². The zero-order valence-electron chi connectivity index (χ0n) is 17.7. The van der Waals surface area contributed by atoms with Gasteiger partial charge in [0, 0.05) is 29.4 Å². The summed E-state index contributed by atoms with van der Waals surface area (Å²) in [5, 5.41) is 14.3. The molecular formula is C23H20N4O6. The maximum atomic E-state index is 14.0. The molecule has 3 saturated heterocycles. The normalized spacial score (nSPS) is 29.9. The first-order chi connectivity index (χ1) is 15.9. The Kier molecular flexibility index (Phi) is 3.98. The van der Waals surface area contributed by atoms with E-state index < -0.39 is 34.1 Å². The van der Waals surface area contributed by atoms with Crippen LogP contribution >= 0.6 is 0 Å². The fraction of sp³-hybridized carbons (Fsp3) is 0.348. The number of amides is 3. The Labute approximate surface area is 188 Å². The fourth-order valence-electron chi connectivity index (χ4n) is 6.36. The van der Waals surface area contributed by atoms with Crippen molar-refractivity contribution in [3.05, 3.63) is 58.1 Å². The highest BCUT2D eigenvalue weighted by molar-refractivity contribution is 6.26. The van der Waals surface area contributed by atoms with Crippen molar-refractivity contribution in [3.63, 3.8) is 0 Å². The van der Waals surface area contributed by atoms with E-state index in [2.05, 4.69) is 5.32 Å². The summed E-state index contributed by atoms with van der Waals surface area (Å²) in [5.41, 5.74) is -0.173. The molecule has 33 heavy (non-hydrogen) atoms. The molecule has 1 N–H and O–H groups in total. The third kappa shape index (κ3) is 2.28. The molecule has 6 rings (SSSR count). The second-order valence-corrected chi connectivity index (χ2v) is 8.80. The first kappa shape index (κ1) is 19.9. The molecule has 2 aromatic rings. The van der Waals surface area contributed by atoms with Crippen molar-refractivity contribution < 1.29 is 24.0 Å². The van der Waals surface area contributed by atoms with E-state index in [1.807, 2.05) is 23.1 Å². The fourth-order valence-corrected chi connectivity index (χ4v) is 6.36. The Hall–Kier alpha value is -3.79. The lowest BCUT2D eigenvalue weighted by Gasteiger charge is -2.36. The molecule has 10 heteroatoms. The first-order valence-corrected chi connectivity index (χ1v) is 10.8. The number of methoxy groups -OCH3 is 1. The summed E-state index contributed by atoms with van der Waals surface area (Å²) in [6, 6.07) is 10.8. The van der Waals surface area contributed by atoms with Gasteiger partial charge in [-0.05, 0) is 31.5 Å². The molecule has 168 valence electrons. The van der Waals surface area contributed by atoms with E-state index in [4.69, 9.17) is 4.74 Å². The van der Waals surface area contributed by atoms with Crippen molar-refractivity contribution in [2.75, 3.05) is 23.9 Å². The van der Waals surface area contributed by atoms with Gasteiger partial charge in [0.1, 0.15) is 17.0 Å². The van der Waals surface area contributed by atoms with Gasteiger partial charge < -0.3 is 10.1 Å². The van der Waals surface area contributed by atoms with E-state index in [9.17, 15) is 24.5 Å². The number of rotatable bonds is 3. The van der Waals surface area contributed by atoms with E-state index in [0.717, 1.165) is 11.3 Å². The molecule has 0 radical (unpaired) electrons. The molecule has 4 aliphatic rings. The number of nitrogens with zero attached hydrogens (tertiary/aromatic N) is 3. The number of carbonyl (C=O) groups is 3. The zero-order chi connectivity index (χ0) is 23.1. The summed E-state index contributed by atoms with van der Waals surface area (Å²) in [5.74, 6) is -2.77. The summed E-state index contributed by atoms with van der Waals surface area (Å²) in [6.45, 7) is 0.611. The number of nitrogens with one attached hydrogen (secondary N) is 1. The van der Waals surface area contributed by atoms with Crippen LogP contribution in [0.15, 0.2) is 42.5 Å². The smallest absolute Gasteiger partial charge is 0.271 e. The SMILES string of the molecule is COc1ccc([N+](=O)[O-])cc1N1C(=O)[C@@H]2[C@@H]3CCCN3[C@@]3(C(=O)Nc4ccccc43)[C@H]2C1=O. The van der Waals surface area contributed by atoms with Crippen LogP contribution in [0, 0.1) is 22.0 Å². The lowest BCUT2D eigenvalue weighted by molar-refractivity contribution is -0.384. The van der Waals surface area contributed by atoms with Gasteiger partial charge in [-0.25, -0.2) is 4.90 Å². The maximum absolute atomic E-state index is 14.0. The van der Waals surface area contributed by atoms with Crippen molar-refractivity contribution in [1.29, 1.82) is 0 Å². The zero-order valence-corrected chi connectivity index (χ0v) is 17.7. The second kappa shape index (κ2) is 6.61. The Morgan fingerprint density at radius 2 is 1.94 bits per heavy atom. The second-order valence-electron chi connectivity index (χ2n) is 8.80. The third-order valence-corrected chi connectivity index (χ3v) is 7.51. The number of para-hydroxylation sites is 1. The number of imide groups is 1. The standard InChI is InChI=1S/C23H20N4O6/c1-33-17-9-8-12(27(31)32)11-16(17)26-20(28)18-15-7-4-10-25(15)23(19(18)21(26)29)13-5-2-3-6-14(13)24-22(23)30/h2-3,5-6,8-9,11,15,18-19H,4,7,10H2,1H3,(H,24,30)/t15-,18+,19+,23+/m0/s1. The van der Waals surface area contributed by atoms with E-state index in [0.29, 0.717) is 24.2 Å². The molecule has 10 nitrogen and oxygen atoms in total. The van der Waals surface area contributed by atoms with Crippen molar-refractivity contribution in [3.8, 4) is 5.75 Å². The molecule has 0 saturated carbocycles. The highest BCUT2D eigenvalue weighted by atomic mass is 16.6. The maximum Gasteiger partial charge on any atom is 0.271 e. The number of ether oxygens (including phenoxy) is 1. The molecule has 0 bridgehead atoms. The monoisotopic (exact) mass is 448 g/mol. The van der Waals surface area contributed by atoms with Crippen LogP contribution in [0.25, 0.3) is 0 Å². The molecule has 4 aliphatic heterocycles. The molecular weight excluding hydrogens is 428 g/mol. The van der Waals surface area contributed by atoms with Gasteiger partial charge in [-0.15, -0.1) is 0 Å². The van der Waals surface area contributed by atoms with Gasteiger partial charge in [0.2, 0.25) is 17.7 Å². The van der Waals surface area contributed by atoms with Crippen LogP contribution in [-0.2, 0) is 19.9 Å². The van der Waals surface area contributed by atoms with Gasteiger partial charge in [0.15, 0.2) is 0 Å². The van der Waals surface area contributed by atoms with Crippen LogP contribution in [0.5, 0.6) is 5.75 Å². The number of carbonyl (C=O) groups excluding carboxylic acids is 3. The minimum Gasteiger partial charge on any atom is -0.495 e. The quantitative estimate of drug-likeness (QED) is 0.433. The predicted octanol–water partition coefficient (Wildman–Crippen LogP) is 2.03. The number of benzene rings is 2. The summed E-state index contributed by atoms with van der Waals surface area (Å²) >= 11 is 0. The van der Waals surface area contributed by atoms with E-state index in [-0.39, 0.29) is 29.1 Å². The molecule has 3 fully saturated rings. The molecule has 1 spiro atoms. The van der Waals surface area contributed by atoms with Gasteiger partial charge in [0.05, 0.1) is 23.9 Å². The number of anilines is 2. The first-order valence-electron chi connectivity index (χ1n) is 10.8. The van der Waals surface area contributed by atoms with E-state index >= 15 is 0 Å². The lowest BCUT2D eigenvalue weighted by atomic mass is 9.75. The number of fused-ring (bicyclic) bond motifs is 7. The van der Waals surface area contributed by atoms with Gasteiger partial charge in [-0.3, -0.25) is 29.4 Å². The topological polar surface area (TPSA) is 122 Å². The number of nitro groups is 1. The van der Waals surface area contributed by atoms with Crippen molar-refractivity contribution in [2.45, 2.75) is 24.4 Å². The largest absolute Gasteiger partial charge is 0.495 e.